The number of carbonyl (C=O) groups is 7. The Morgan fingerprint density at radius 3 is 1.52 bits per heavy atom. The van der Waals surface area contributed by atoms with E-state index in [1.807, 2.05) is 26.1 Å². The van der Waals surface area contributed by atoms with Crippen LogP contribution in [0.25, 0.3) is 0 Å². The Morgan fingerprint density at radius 2 is 1.10 bits per heavy atom. The zero-order valence-corrected chi connectivity index (χ0v) is 25.6. The molecule has 240 valence electrons. The molecule has 0 aromatic rings. The third-order valence-corrected chi connectivity index (χ3v) is 6.60. The second kappa shape index (κ2) is 17.9. The van der Waals surface area contributed by atoms with E-state index in [0.29, 0.717) is 12.8 Å². The topological polar surface area (TPSA) is 246 Å². The van der Waals surface area contributed by atoms with Crippen LogP contribution in [0.2, 0.25) is 0 Å². The molecule has 0 aliphatic carbocycles. The first-order valence-electron chi connectivity index (χ1n) is 14.0. The highest BCUT2D eigenvalue weighted by molar-refractivity contribution is 5.96. The van der Waals surface area contributed by atoms with Gasteiger partial charge in [0.15, 0.2) is 0 Å². The van der Waals surface area contributed by atoms with Gasteiger partial charge in [-0.2, -0.15) is 0 Å². The van der Waals surface area contributed by atoms with Crippen molar-refractivity contribution in [3.05, 3.63) is 0 Å². The van der Waals surface area contributed by atoms with Gasteiger partial charge in [-0.25, -0.2) is 4.79 Å². The molecular weight excluding hydrogens is 552 g/mol. The maximum Gasteiger partial charge on any atom is 0.326 e. The Labute approximate surface area is 246 Å². The molecule has 0 bridgehead atoms. The number of nitrogens with two attached hydrogens (primary N) is 1. The largest absolute Gasteiger partial charge is 0.481 e. The Bertz CT molecular complexity index is 987. The van der Waals surface area contributed by atoms with Crippen molar-refractivity contribution < 1.29 is 43.8 Å². The molecule has 15 heteroatoms. The van der Waals surface area contributed by atoms with Crippen LogP contribution < -0.4 is 32.3 Å². The first-order chi connectivity index (χ1) is 19.3. The fraction of sp³-hybridized carbons (Fsp3) is 0.741. The normalized spacial score (nSPS) is 16.2. The SMILES string of the molecule is CC[C@H](C)[C@H](NC(=O)[C@@H](N)CC(C)C)C(=O)N[C@H](C(=O)N[C@@H](C)C(=O)N[C@@H](C)C(=O)N[C@@H](CC(=O)O)C(=O)O)C(C)C. The van der Waals surface area contributed by atoms with Crippen LogP contribution in [-0.2, 0) is 33.6 Å². The van der Waals surface area contributed by atoms with Gasteiger partial charge >= 0.3 is 11.9 Å². The van der Waals surface area contributed by atoms with Crippen LogP contribution in [0.1, 0.15) is 74.7 Å². The van der Waals surface area contributed by atoms with Gasteiger partial charge in [-0.1, -0.05) is 48.0 Å². The van der Waals surface area contributed by atoms with Crippen LogP contribution in [0.3, 0.4) is 0 Å². The summed E-state index contributed by atoms with van der Waals surface area (Å²) in [4.78, 5) is 85.9. The lowest BCUT2D eigenvalue weighted by Crippen LogP contribution is -2.60. The first kappa shape index (κ1) is 38.2. The molecule has 0 radical (unpaired) electrons. The molecule has 0 aliphatic heterocycles. The highest BCUT2D eigenvalue weighted by Crippen LogP contribution is 2.12. The molecule has 15 nitrogen and oxygen atoms in total. The van der Waals surface area contributed by atoms with Crippen molar-refractivity contribution in [1.82, 2.24) is 26.6 Å². The molecule has 0 aliphatic rings. The van der Waals surface area contributed by atoms with Gasteiger partial charge in [-0.3, -0.25) is 28.8 Å². The fourth-order valence-electron chi connectivity index (χ4n) is 3.80. The Morgan fingerprint density at radius 1 is 0.643 bits per heavy atom. The van der Waals surface area contributed by atoms with Gasteiger partial charge < -0.3 is 42.5 Å². The van der Waals surface area contributed by atoms with E-state index in [2.05, 4.69) is 21.3 Å². The fourth-order valence-corrected chi connectivity index (χ4v) is 3.80. The van der Waals surface area contributed by atoms with Crippen LogP contribution >= 0.6 is 0 Å². The number of carboxylic acids is 2. The number of carbonyl (C=O) groups excluding carboxylic acids is 5. The summed E-state index contributed by atoms with van der Waals surface area (Å²) in [5.41, 5.74) is 5.98. The molecule has 0 heterocycles. The first-order valence-corrected chi connectivity index (χ1v) is 14.0. The van der Waals surface area contributed by atoms with Crippen LogP contribution in [0, 0.1) is 17.8 Å². The third-order valence-electron chi connectivity index (χ3n) is 6.60. The number of hydrogen-bond donors (Lipinski definition) is 8. The van der Waals surface area contributed by atoms with Crippen LogP contribution in [0.5, 0.6) is 0 Å². The van der Waals surface area contributed by atoms with Crippen molar-refractivity contribution in [3.8, 4) is 0 Å². The molecular formula is C27H48N6O9. The molecule has 0 aromatic carbocycles. The highest BCUT2D eigenvalue weighted by Gasteiger charge is 2.34. The lowest BCUT2D eigenvalue weighted by atomic mass is 9.95. The molecule has 0 saturated carbocycles. The van der Waals surface area contributed by atoms with Gasteiger partial charge in [0, 0.05) is 0 Å². The molecule has 9 N–H and O–H groups in total. The molecule has 5 amide bonds. The third kappa shape index (κ3) is 13.3. The summed E-state index contributed by atoms with van der Waals surface area (Å²) in [6.07, 6.45) is 0.131. The Balaban J connectivity index is 5.40. The van der Waals surface area contributed by atoms with Crippen molar-refractivity contribution in [2.75, 3.05) is 0 Å². The zero-order chi connectivity index (χ0) is 32.9. The van der Waals surface area contributed by atoms with Gasteiger partial charge in [0.25, 0.3) is 0 Å². The summed E-state index contributed by atoms with van der Waals surface area (Å²) in [6, 6.07) is -6.95. The summed E-state index contributed by atoms with van der Waals surface area (Å²) >= 11 is 0. The monoisotopic (exact) mass is 600 g/mol. The molecule has 0 unspecified atom stereocenters. The van der Waals surface area contributed by atoms with Crippen LogP contribution in [0.4, 0.5) is 0 Å². The lowest BCUT2D eigenvalue weighted by Gasteiger charge is -2.29. The van der Waals surface area contributed by atoms with Crippen molar-refractivity contribution in [1.29, 1.82) is 0 Å². The van der Waals surface area contributed by atoms with Crippen molar-refractivity contribution in [2.24, 2.45) is 23.5 Å². The van der Waals surface area contributed by atoms with E-state index in [1.165, 1.54) is 13.8 Å². The predicted octanol–water partition coefficient (Wildman–Crippen LogP) is -0.915. The summed E-state index contributed by atoms with van der Waals surface area (Å²) in [5.74, 6) is -6.96. The molecule has 0 spiro atoms. The number of rotatable bonds is 18. The Hall–Kier alpha value is -3.75. The standard InChI is InChI=1S/C27H48N6O9/c1-9-14(6)21(33-24(38)17(28)10-12(2)3)26(40)32-20(13(4)5)25(39)30-15(7)22(36)29-16(8)23(37)31-18(27(41)42)11-19(34)35/h12-18,20-21H,9-11,28H2,1-8H3,(H,29,36)(H,30,39)(H,31,37)(H,32,40)(H,33,38)(H,34,35)(H,41,42)/t14-,15-,16-,17-,18-,20-,21-/m0/s1. The van der Waals surface area contributed by atoms with Crippen molar-refractivity contribution in [2.45, 2.75) is 111 Å². The van der Waals surface area contributed by atoms with Gasteiger partial charge in [0.05, 0.1) is 12.5 Å². The van der Waals surface area contributed by atoms with E-state index in [-0.39, 0.29) is 11.8 Å². The molecule has 0 aromatic heterocycles. The van der Waals surface area contributed by atoms with Gasteiger partial charge in [0.2, 0.25) is 29.5 Å². The number of amides is 5. The summed E-state index contributed by atoms with van der Waals surface area (Å²) < 4.78 is 0. The number of hydrogen-bond acceptors (Lipinski definition) is 8. The van der Waals surface area contributed by atoms with E-state index in [9.17, 15) is 33.6 Å². The number of aliphatic carboxylic acids is 2. The molecule has 0 rings (SSSR count). The Kier molecular flexibility index (Phi) is 16.3. The minimum Gasteiger partial charge on any atom is -0.481 e. The minimum atomic E-state index is -1.70. The zero-order valence-electron chi connectivity index (χ0n) is 25.6. The van der Waals surface area contributed by atoms with Crippen LogP contribution in [-0.4, -0.2) is 87.9 Å². The molecule has 42 heavy (non-hydrogen) atoms. The van der Waals surface area contributed by atoms with E-state index < -0.39 is 90.1 Å². The molecule has 7 atom stereocenters. The lowest BCUT2D eigenvalue weighted by molar-refractivity contribution is -0.147. The van der Waals surface area contributed by atoms with E-state index in [4.69, 9.17) is 15.9 Å². The average Bonchev–Trinajstić information content (AvgIpc) is 2.87. The average molecular weight is 601 g/mol. The maximum atomic E-state index is 13.2. The quantitative estimate of drug-likeness (QED) is 0.0961. The summed E-state index contributed by atoms with van der Waals surface area (Å²) in [5, 5.41) is 30.1. The highest BCUT2D eigenvalue weighted by atomic mass is 16.4. The number of carboxylic acid groups (broad SMARTS) is 2. The molecule has 0 fully saturated rings. The molecule has 0 saturated heterocycles. The van der Waals surface area contributed by atoms with Gasteiger partial charge in [-0.15, -0.1) is 0 Å². The van der Waals surface area contributed by atoms with Crippen molar-refractivity contribution >= 4 is 41.5 Å². The minimum absolute atomic E-state index is 0.172. The van der Waals surface area contributed by atoms with E-state index in [1.54, 1.807) is 20.8 Å². The van der Waals surface area contributed by atoms with E-state index in [0.717, 1.165) is 0 Å². The second-order valence-corrected chi connectivity index (χ2v) is 11.3. The van der Waals surface area contributed by atoms with Gasteiger partial charge in [-0.05, 0) is 38.0 Å². The maximum absolute atomic E-state index is 13.2. The van der Waals surface area contributed by atoms with Crippen molar-refractivity contribution in [3.63, 3.8) is 0 Å². The predicted molar refractivity (Wildman–Crippen MR) is 153 cm³/mol. The second-order valence-electron chi connectivity index (χ2n) is 11.3. The van der Waals surface area contributed by atoms with Crippen LogP contribution in [0.15, 0.2) is 0 Å². The number of nitrogens with one attached hydrogen (secondary N) is 5. The van der Waals surface area contributed by atoms with Gasteiger partial charge in [0.1, 0.15) is 30.2 Å². The smallest absolute Gasteiger partial charge is 0.326 e. The summed E-state index contributed by atoms with van der Waals surface area (Å²) in [7, 11) is 0. The van der Waals surface area contributed by atoms with E-state index >= 15 is 0 Å². The summed E-state index contributed by atoms with van der Waals surface area (Å²) in [6.45, 7) is 13.5.